The lowest BCUT2D eigenvalue weighted by molar-refractivity contribution is -0.166. The molecule has 4 N–H and O–H groups in total. The Balaban J connectivity index is 1.53. The van der Waals surface area contributed by atoms with Gasteiger partial charge in [0.15, 0.2) is 0 Å². The predicted octanol–water partition coefficient (Wildman–Crippen LogP) is 2.28. The maximum atomic E-state index is 12.5. The molecule has 5 nitrogen and oxygen atoms in total. The maximum absolute atomic E-state index is 12.5. The average molecular weight is 314 g/mol. The Morgan fingerprint density at radius 3 is 2.48 bits per heavy atom. The van der Waals surface area contributed by atoms with Crippen molar-refractivity contribution in [3.05, 3.63) is 29.8 Å². The molecule has 5 rings (SSSR count). The SMILES string of the molecule is Nc1cccc(C(=O)NC2C3CC4CC2CC(C(=O)O)(C4)C3)c1. The van der Waals surface area contributed by atoms with Gasteiger partial charge in [-0.05, 0) is 68.1 Å². The van der Waals surface area contributed by atoms with Crippen molar-refractivity contribution in [3.63, 3.8) is 0 Å². The Labute approximate surface area is 135 Å². The zero-order valence-electron chi connectivity index (χ0n) is 13.0. The predicted molar refractivity (Wildman–Crippen MR) is 85.7 cm³/mol. The van der Waals surface area contributed by atoms with Crippen LogP contribution in [0.3, 0.4) is 0 Å². The fourth-order valence-corrected chi connectivity index (χ4v) is 5.44. The number of nitrogens with one attached hydrogen (secondary N) is 1. The van der Waals surface area contributed by atoms with E-state index >= 15 is 0 Å². The Bertz CT molecular complexity index is 656. The number of benzene rings is 1. The second-order valence-electron chi connectivity index (χ2n) is 7.68. The molecule has 0 aliphatic heterocycles. The van der Waals surface area contributed by atoms with Crippen LogP contribution in [-0.2, 0) is 4.79 Å². The summed E-state index contributed by atoms with van der Waals surface area (Å²) in [6.45, 7) is 0. The number of nitrogens with two attached hydrogens (primary N) is 1. The normalized spacial score (nSPS) is 37.6. The first kappa shape index (κ1) is 14.5. The van der Waals surface area contributed by atoms with E-state index < -0.39 is 11.4 Å². The fraction of sp³-hybridized carbons (Fsp3) is 0.556. The highest BCUT2D eigenvalue weighted by molar-refractivity contribution is 5.95. The van der Waals surface area contributed by atoms with Crippen molar-refractivity contribution >= 4 is 17.6 Å². The lowest BCUT2D eigenvalue weighted by Crippen LogP contribution is -2.61. The van der Waals surface area contributed by atoms with Gasteiger partial charge in [0.2, 0.25) is 0 Å². The molecule has 23 heavy (non-hydrogen) atoms. The van der Waals surface area contributed by atoms with E-state index in [-0.39, 0.29) is 11.9 Å². The van der Waals surface area contributed by atoms with Gasteiger partial charge in [-0.1, -0.05) is 6.07 Å². The van der Waals surface area contributed by atoms with Crippen LogP contribution in [0.15, 0.2) is 24.3 Å². The summed E-state index contributed by atoms with van der Waals surface area (Å²) >= 11 is 0. The zero-order chi connectivity index (χ0) is 16.2. The molecular formula is C18H22N2O3. The Morgan fingerprint density at radius 2 is 1.87 bits per heavy atom. The van der Waals surface area contributed by atoms with Gasteiger partial charge < -0.3 is 16.2 Å². The summed E-state index contributed by atoms with van der Waals surface area (Å²) < 4.78 is 0. The van der Waals surface area contributed by atoms with Crippen molar-refractivity contribution in [2.75, 3.05) is 5.73 Å². The number of aliphatic carboxylic acids is 1. The summed E-state index contributed by atoms with van der Waals surface area (Å²) in [6.07, 6.45) is 4.33. The quantitative estimate of drug-likeness (QED) is 0.746. The largest absolute Gasteiger partial charge is 0.481 e. The second kappa shape index (κ2) is 4.98. The number of carbonyl (C=O) groups is 2. The first-order chi connectivity index (χ1) is 11.0. The summed E-state index contributed by atoms with van der Waals surface area (Å²) in [5.74, 6) is 0.366. The van der Waals surface area contributed by atoms with Gasteiger partial charge in [-0.25, -0.2) is 0 Å². The first-order valence-electron chi connectivity index (χ1n) is 8.37. The van der Waals surface area contributed by atoms with Gasteiger partial charge >= 0.3 is 5.97 Å². The number of anilines is 1. The average Bonchev–Trinajstić information content (AvgIpc) is 2.50. The third kappa shape index (κ3) is 2.30. The number of nitrogen functional groups attached to an aromatic ring is 1. The number of hydrogen-bond acceptors (Lipinski definition) is 3. The standard InChI is InChI=1S/C18H22N2O3/c19-14-3-1-2-11(6-14)16(21)20-15-12-4-10-5-13(15)9-18(7-10,8-12)17(22)23/h1-3,6,10,12-13,15H,4-5,7-9,19H2,(H,20,21)(H,22,23). The van der Waals surface area contributed by atoms with E-state index in [0.717, 1.165) is 19.3 Å². The van der Waals surface area contributed by atoms with Crippen LogP contribution in [0, 0.1) is 23.2 Å². The fourth-order valence-electron chi connectivity index (χ4n) is 5.44. The van der Waals surface area contributed by atoms with Crippen LogP contribution in [0.1, 0.15) is 42.5 Å². The third-order valence-corrected chi connectivity index (χ3v) is 6.17. The molecule has 0 spiro atoms. The first-order valence-corrected chi connectivity index (χ1v) is 8.37. The molecule has 5 heteroatoms. The Morgan fingerprint density at radius 1 is 1.17 bits per heavy atom. The molecular weight excluding hydrogens is 292 g/mol. The van der Waals surface area contributed by atoms with Crippen LogP contribution in [0.2, 0.25) is 0 Å². The van der Waals surface area contributed by atoms with Gasteiger partial charge in [0.05, 0.1) is 5.41 Å². The van der Waals surface area contributed by atoms with E-state index in [1.54, 1.807) is 24.3 Å². The van der Waals surface area contributed by atoms with Crippen molar-refractivity contribution in [3.8, 4) is 0 Å². The van der Waals surface area contributed by atoms with Gasteiger partial charge in [-0.3, -0.25) is 9.59 Å². The van der Waals surface area contributed by atoms with Gasteiger partial charge in [-0.2, -0.15) is 0 Å². The van der Waals surface area contributed by atoms with Crippen LogP contribution < -0.4 is 11.1 Å². The summed E-state index contributed by atoms with van der Waals surface area (Å²) in [4.78, 5) is 24.3. The summed E-state index contributed by atoms with van der Waals surface area (Å²) in [7, 11) is 0. The van der Waals surface area contributed by atoms with Crippen molar-refractivity contribution in [2.24, 2.45) is 23.2 Å². The molecule has 1 aromatic rings. The van der Waals surface area contributed by atoms with Crippen molar-refractivity contribution in [1.29, 1.82) is 0 Å². The van der Waals surface area contributed by atoms with Crippen LogP contribution in [0.4, 0.5) is 5.69 Å². The molecule has 2 atom stereocenters. The highest BCUT2D eigenvalue weighted by Gasteiger charge is 2.58. The molecule has 4 aliphatic carbocycles. The molecule has 0 radical (unpaired) electrons. The van der Waals surface area contributed by atoms with E-state index in [1.165, 1.54) is 0 Å². The van der Waals surface area contributed by atoms with Gasteiger partial charge in [0.1, 0.15) is 0 Å². The number of amides is 1. The minimum absolute atomic E-state index is 0.0980. The van der Waals surface area contributed by atoms with Crippen molar-refractivity contribution in [2.45, 2.75) is 38.1 Å². The Hall–Kier alpha value is -2.04. The molecule has 1 amide bonds. The number of carbonyl (C=O) groups excluding carboxylic acids is 1. The third-order valence-electron chi connectivity index (χ3n) is 6.17. The van der Waals surface area contributed by atoms with Crippen molar-refractivity contribution < 1.29 is 14.7 Å². The number of hydrogen-bond donors (Lipinski definition) is 3. The lowest BCUT2D eigenvalue weighted by atomic mass is 9.48. The topological polar surface area (TPSA) is 92.4 Å². The van der Waals surface area contributed by atoms with E-state index in [2.05, 4.69) is 5.32 Å². The van der Waals surface area contributed by atoms with Crippen LogP contribution in [0.25, 0.3) is 0 Å². The second-order valence-corrected chi connectivity index (χ2v) is 7.68. The number of rotatable bonds is 3. The number of carboxylic acids is 1. The van der Waals surface area contributed by atoms with Crippen LogP contribution in [-0.4, -0.2) is 23.0 Å². The molecule has 0 saturated heterocycles. The van der Waals surface area contributed by atoms with Crippen LogP contribution in [0.5, 0.6) is 0 Å². The van der Waals surface area contributed by atoms with E-state index in [4.69, 9.17) is 5.73 Å². The molecule has 122 valence electrons. The highest BCUT2D eigenvalue weighted by atomic mass is 16.4. The minimum atomic E-state index is -0.641. The molecule has 2 unspecified atom stereocenters. The van der Waals surface area contributed by atoms with Crippen LogP contribution >= 0.6 is 0 Å². The summed E-state index contributed by atoms with van der Waals surface area (Å²) in [6, 6.07) is 7.09. The molecule has 0 aromatic heterocycles. The van der Waals surface area contributed by atoms with E-state index in [1.807, 2.05) is 0 Å². The zero-order valence-corrected chi connectivity index (χ0v) is 13.0. The monoisotopic (exact) mass is 314 g/mol. The van der Waals surface area contributed by atoms with Gasteiger partial charge in [0.25, 0.3) is 5.91 Å². The number of carboxylic acid groups (broad SMARTS) is 1. The van der Waals surface area contributed by atoms with Gasteiger partial charge in [-0.15, -0.1) is 0 Å². The summed E-state index contributed by atoms with van der Waals surface area (Å²) in [5.41, 5.74) is 6.37. The highest BCUT2D eigenvalue weighted by Crippen LogP contribution is 2.60. The molecule has 4 saturated carbocycles. The van der Waals surface area contributed by atoms with Gasteiger partial charge in [0, 0.05) is 17.3 Å². The molecule has 4 bridgehead atoms. The smallest absolute Gasteiger partial charge is 0.309 e. The molecule has 0 heterocycles. The van der Waals surface area contributed by atoms with E-state index in [9.17, 15) is 14.7 Å². The van der Waals surface area contributed by atoms with Crippen molar-refractivity contribution in [1.82, 2.24) is 5.32 Å². The molecule has 4 fully saturated rings. The van der Waals surface area contributed by atoms with E-state index in [0.29, 0.717) is 41.8 Å². The molecule has 4 aliphatic rings. The molecule has 1 aromatic carbocycles. The Kier molecular flexibility index (Phi) is 3.15. The lowest BCUT2D eigenvalue weighted by Gasteiger charge is -2.58. The summed E-state index contributed by atoms with van der Waals surface area (Å²) in [5, 5.41) is 12.8. The minimum Gasteiger partial charge on any atom is -0.481 e. The maximum Gasteiger partial charge on any atom is 0.309 e.